The minimum Gasteiger partial charge on any atom is -0.463 e. The number of carbonyl (C=O) groups is 1. The van der Waals surface area contributed by atoms with Gasteiger partial charge in [-0.2, -0.15) is 0 Å². The Labute approximate surface area is 92.7 Å². The number of esters is 1. The Balaban J connectivity index is 2.83. The lowest BCUT2D eigenvalue weighted by Crippen LogP contribution is -2.29. The van der Waals surface area contributed by atoms with Crippen LogP contribution in [0.25, 0.3) is 0 Å². The lowest BCUT2D eigenvalue weighted by atomic mass is 9.71. The molecule has 1 unspecified atom stereocenters. The summed E-state index contributed by atoms with van der Waals surface area (Å²) in [6.07, 6.45) is 5.37. The first-order chi connectivity index (χ1) is 6.96. The molecular weight excluding hydrogens is 188 g/mol. The second-order valence-electron chi connectivity index (χ2n) is 5.23. The highest BCUT2D eigenvalue weighted by Gasteiger charge is 2.33. The molecule has 2 heteroatoms. The highest BCUT2D eigenvalue weighted by atomic mass is 16.5. The van der Waals surface area contributed by atoms with Crippen molar-refractivity contribution in [2.24, 2.45) is 11.3 Å². The largest absolute Gasteiger partial charge is 0.463 e. The maximum Gasteiger partial charge on any atom is 0.333 e. The van der Waals surface area contributed by atoms with Gasteiger partial charge in [0, 0.05) is 5.57 Å². The van der Waals surface area contributed by atoms with Gasteiger partial charge in [-0.1, -0.05) is 26.8 Å². The molecule has 1 atom stereocenters. The van der Waals surface area contributed by atoms with Gasteiger partial charge in [-0.25, -0.2) is 4.79 Å². The Morgan fingerprint density at radius 2 is 2.20 bits per heavy atom. The Bertz CT molecular complexity index is 258. The molecule has 2 nitrogen and oxygen atoms in total. The maximum atomic E-state index is 11.8. The second-order valence-corrected chi connectivity index (χ2v) is 5.23. The van der Waals surface area contributed by atoms with E-state index in [0.717, 1.165) is 18.4 Å². The smallest absolute Gasteiger partial charge is 0.333 e. The predicted molar refractivity (Wildman–Crippen MR) is 61.5 cm³/mol. The standard InChI is InChI=1S/C13H22O2/c1-5-15-12(14)10-8-6-7-9-11(10)13(2,3)4/h8,11H,5-7,9H2,1-4H3. The molecule has 0 saturated carbocycles. The first-order valence-corrected chi connectivity index (χ1v) is 5.84. The van der Waals surface area contributed by atoms with E-state index in [4.69, 9.17) is 4.74 Å². The summed E-state index contributed by atoms with van der Waals surface area (Å²) in [6.45, 7) is 8.89. The number of ether oxygens (including phenoxy) is 1. The molecule has 1 rings (SSSR count). The maximum absolute atomic E-state index is 11.8. The monoisotopic (exact) mass is 210 g/mol. The molecule has 0 aromatic rings. The molecule has 0 saturated heterocycles. The summed E-state index contributed by atoms with van der Waals surface area (Å²) >= 11 is 0. The van der Waals surface area contributed by atoms with Gasteiger partial charge in [-0.05, 0) is 37.5 Å². The molecule has 0 spiro atoms. The van der Waals surface area contributed by atoms with Crippen LogP contribution in [0, 0.1) is 11.3 Å². The van der Waals surface area contributed by atoms with Crippen LogP contribution in [0.5, 0.6) is 0 Å². The van der Waals surface area contributed by atoms with Crippen molar-refractivity contribution in [3.8, 4) is 0 Å². The van der Waals surface area contributed by atoms with Crippen LogP contribution in [0.1, 0.15) is 47.0 Å². The summed E-state index contributed by atoms with van der Waals surface area (Å²) in [5.41, 5.74) is 1.05. The van der Waals surface area contributed by atoms with Crippen molar-refractivity contribution >= 4 is 5.97 Å². The quantitative estimate of drug-likeness (QED) is 0.653. The fourth-order valence-corrected chi connectivity index (χ4v) is 2.22. The van der Waals surface area contributed by atoms with E-state index >= 15 is 0 Å². The zero-order valence-electron chi connectivity index (χ0n) is 10.3. The molecule has 0 N–H and O–H groups in total. The molecule has 0 amide bonds. The second kappa shape index (κ2) is 4.82. The Morgan fingerprint density at radius 3 is 2.73 bits per heavy atom. The molecule has 0 aliphatic heterocycles. The van der Waals surface area contributed by atoms with E-state index in [1.54, 1.807) is 0 Å². The van der Waals surface area contributed by atoms with Gasteiger partial charge in [0.1, 0.15) is 0 Å². The van der Waals surface area contributed by atoms with Gasteiger partial charge >= 0.3 is 5.97 Å². The summed E-state index contributed by atoms with van der Waals surface area (Å²) in [5, 5.41) is 0. The molecule has 0 aromatic carbocycles. The predicted octanol–water partition coefficient (Wildman–Crippen LogP) is 3.32. The molecule has 15 heavy (non-hydrogen) atoms. The van der Waals surface area contributed by atoms with E-state index in [2.05, 4.69) is 26.8 Å². The summed E-state index contributed by atoms with van der Waals surface area (Å²) in [7, 11) is 0. The first-order valence-electron chi connectivity index (χ1n) is 5.84. The Hall–Kier alpha value is -0.790. The van der Waals surface area contributed by atoms with Gasteiger partial charge in [0.15, 0.2) is 0 Å². The number of hydrogen-bond acceptors (Lipinski definition) is 2. The number of hydrogen-bond donors (Lipinski definition) is 0. The molecule has 0 bridgehead atoms. The summed E-state index contributed by atoms with van der Waals surface area (Å²) < 4.78 is 5.10. The normalized spacial score (nSPS) is 22.1. The van der Waals surface area contributed by atoms with Crippen LogP contribution in [-0.4, -0.2) is 12.6 Å². The molecule has 86 valence electrons. The first kappa shape index (κ1) is 12.3. The number of carbonyl (C=O) groups excluding carboxylic acids is 1. The molecule has 1 aliphatic rings. The van der Waals surface area contributed by atoms with Crippen molar-refractivity contribution in [2.75, 3.05) is 6.61 Å². The highest BCUT2D eigenvalue weighted by molar-refractivity contribution is 5.89. The zero-order valence-corrected chi connectivity index (χ0v) is 10.3. The Morgan fingerprint density at radius 1 is 1.53 bits per heavy atom. The van der Waals surface area contributed by atoms with Gasteiger partial charge < -0.3 is 4.74 Å². The minimum atomic E-state index is -0.114. The third-order valence-corrected chi connectivity index (χ3v) is 2.99. The van der Waals surface area contributed by atoms with Gasteiger partial charge in [-0.15, -0.1) is 0 Å². The van der Waals surface area contributed by atoms with E-state index in [1.807, 2.05) is 6.92 Å². The van der Waals surface area contributed by atoms with Crippen LogP contribution < -0.4 is 0 Å². The minimum absolute atomic E-state index is 0.114. The lowest BCUT2D eigenvalue weighted by molar-refractivity contribution is -0.139. The molecule has 0 aromatic heterocycles. The van der Waals surface area contributed by atoms with Crippen LogP contribution >= 0.6 is 0 Å². The average Bonchev–Trinajstić information content (AvgIpc) is 2.17. The summed E-state index contributed by atoms with van der Waals surface area (Å²) in [5.74, 6) is 0.238. The van der Waals surface area contributed by atoms with Crippen LogP contribution in [0.4, 0.5) is 0 Å². The average molecular weight is 210 g/mol. The van der Waals surface area contributed by atoms with Crippen molar-refractivity contribution in [2.45, 2.75) is 47.0 Å². The zero-order chi connectivity index (χ0) is 11.5. The molecule has 0 fully saturated rings. The molecule has 1 aliphatic carbocycles. The van der Waals surface area contributed by atoms with Crippen molar-refractivity contribution < 1.29 is 9.53 Å². The van der Waals surface area contributed by atoms with Gasteiger partial charge in [0.25, 0.3) is 0 Å². The third-order valence-electron chi connectivity index (χ3n) is 2.99. The summed E-state index contributed by atoms with van der Waals surface area (Å²) in [6, 6.07) is 0. The lowest BCUT2D eigenvalue weighted by Gasteiger charge is -2.34. The van der Waals surface area contributed by atoms with Crippen LogP contribution in [0.3, 0.4) is 0 Å². The van der Waals surface area contributed by atoms with Crippen LogP contribution in [0.2, 0.25) is 0 Å². The van der Waals surface area contributed by atoms with Crippen LogP contribution in [0.15, 0.2) is 11.6 Å². The van der Waals surface area contributed by atoms with Crippen molar-refractivity contribution in [1.29, 1.82) is 0 Å². The van der Waals surface area contributed by atoms with Gasteiger partial charge in [0.2, 0.25) is 0 Å². The van der Waals surface area contributed by atoms with E-state index in [-0.39, 0.29) is 11.4 Å². The van der Waals surface area contributed by atoms with Crippen LogP contribution in [-0.2, 0) is 9.53 Å². The third kappa shape index (κ3) is 3.08. The summed E-state index contributed by atoms with van der Waals surface area (Å²) in [4.78, 5) is 11.8. The highest BCUT2D eigenvalue weighted by Crippen LogP contribution is 2.39. The van der Waals surface area contributed by atoms with Crippen molar-refractivity contribution in [1.82, 2.24) is 0 Å². The van der Waals surface area contributed by atoms with E-state index in [0.29, 0.717) is 12.5 Å². The topological polar surface area (TPSA) is 26.3 Å². The van der Waals surface area contributed by atoms with E-state index < -0.39 is 0 Å². The Kier molecular flexibility index (Phi) is 3.95. The number of allylic oxidation sites excluding steroid dienone is 1. The fraction of sp³-hybridized carbons (Fsp3) is 0.769. The molecule has 0 heterocycles. The molecule has 0 radical (unpaired) electrons. The van der Waals surface area contributed by atoms with Crippen molar-refractivity contribution in [3.63, 3.8) is 0 Å². The fourth-order valence-electron chi connectivity index (χ4n) is 2.22. The SMILES string of the molecule is CCOC(=O)C1=CCCCC1C(C)(C)C. The van der Waals surface area contributed by atoms with E-state index in [1.165, 1.54) is 6.42 Å². The number of rotatable bonds is 2. The van der Waals surface area contributed by atoms with E-state index in [9.17, 15) is 4.79 Å². The van der Waals surface area contributed by atoms with Crippen molar-refractivity contribution in [3.05, 3.63) is 11.6 Å². The van der Waals surface area contributed by atoms with Gasteiger partial charge in [0.05, 0.1) is 6.61 Å². The van der Waals surface area contributed by atoms with Gasteiger partial charge in [-0.3, -0.25) is 0 Å². The molecular formula is C13H22O2.